The molecule has 5 rings (SSSR count). The minimum atomic E-state index is -0.853. The highest BCUT2D eigenvalue weighted by Crippen LogP contribution is 2.70. The fourth-order valence-electron chi connectivity index (χ4n) is 6.09. The number of anilines is 1. The van der Waals surface area contributed by atoms with Gasteiger partial charge in [0.2, 0.25) is 5.91 Å². The Balaban J connectivity index is 1.75. The van der Waals surface area contributed by atoms with Crippen LogP contribution in [0.1, 0.15) is 68.4 Å². The largest absolute Gasteiger partial charge is 0.311 e. The Hall–Kier alpha value is -3.25. The van der Waals surface area contributed by atoms with Gasteiger partial charge in [-0.15, -0.1) is 0 Å². The number of nitriles is 2. The van der Waals surface area contributed by atoms with Crippen LogP contribution in [0, 0.1) is 28.1 Å². The molecule has 0 N–H and O–H groups in total. The molecule has 1 amide bonds. The van der Waals surface area contributed by atoms with Gasteiger partial charge in [0, 0.05) is 17.6 Å². The third-order valence-corrected chi connectivity index (χ3v) is 8.20. The van der Waals surface area contributed by atoms with Crippen LogP contribution in [0.5, 0.6) is 0 Å². The highest BCUT2D eigenvalue weighted by Gasteiger charge is 2.74. The summed E-state index contributed by atoms with van der Waals surface area (Å²) in [5.74, 6) is 0.0463. The number of para-hydroxylation sites is 1. The second kappa shape index (κ2) is 5.89. The monoisotopic (exact) mass is 397 g/mol. The maximum Gasteiger partial charge on any atom is 0.239 e. The summed E-state index contributed by atoms with van der Waals surface area (Å²) >= 11 is 0. The van der Waals surface area contributed by atoms with E-state index in [4.69, 9.17) is 0 Å². The maximum absolute atomic E-state index is 14.3. The van der Waals surface area contributed by atoms with Crippen molar-refractivity contribution < 1.29 is 4.79 Å². The van der Waals surface area contributed by atoms with Gasteiger partial charge in [-0.05, 0) is 42.7 Å². The molecule has 0 radical (unpaired) electrons. The average molecular weight is 397 g/mol. The molecule has 2 aliphatic carbocycles. The van der Waals surface area contributed by atoms with E-state index in [1.54, 1.807) is 0 Å². The molecule has 3 aliphatic rings. The highest BCUT2D eigenvalue weighted by atomic mass is 16.2. The van der Waals surface area contributed by atoms with E-state index < -0.39 is 10.8 Å². The molecule has 2 unspecified atom stereocenters. The molecule has 2 atom stereocenters. The minimum Gasteiger partial charge on any atom is -0.311 e. The average Bonchev–Trinajstić information content (AvgIpc) is 3.06. The number of carbonyl (C=O) groups is 1. The second-order valence-corrected chi connectivity index (χ2v) is 9.39. The fraction of sp³-hybridized carbons (Fsp3) is 0.458. The standard InChI is InChI=1S/C24H23N5O/c1-22(2)23(3)10-11-24(22,20-19(23)27-16(13-25)17(14-26)28-20)21(30)29-12-6-8-15-7-4-5-9-18(15)29/h4-5,7,9H,6,8,10-12H2,1-3H3. The molecular weight excluding hydrogens is 374 g/mol. The first-order valence-corrected chi connectivity index (χ1v) is 10.4. The first-order valence-electron chi connectivity index (χ1n) is 10.4. The molecule has 1 aromatic carbocycles. The van der Waals surface area contributed by atoms with Crippen LogP contribution in [0.2, 0.25) is 0 Å². The normalized spacial score (nSPS) is 27.7. The highest BCUT2D eigenvalue weighted by molar-refractivity contribution is 6.04. The number of nitrogens with zero attached hydrogens (tertiary/aromatic N) is 5. The van der Waals surface area contributed by atoms with Gasteiger partial charge in [0.15, 0.2) is 11.4 Å². The summed E-state index contributed by atoms with van der Waals surface area (Å²) in [6, 6.07) is 12.1. The Bertz CT molecular complexity index is 1190. The van der Waals surface area contributed by atoms with Crippen LogP contribution in [-0.4, -0.2) is 22.4 Å². The Morgan fingerprint density at radius 2 is 1.70 bits per heavy atom. The summed E-state index contributed by atoms with van der Waals surface area (Å²) in [6.07, 6.45) is 3.37. The lowest BCUT2D eigenvalue weighted by Gasteiger charge is -2.43. The molecule has 1 fully saturated rings. The van der Waals surface area contributed by atoms with Crippen molar-refractivity contribution in [3.05, 3.63) is 52.6 Å². The van der Waals surface area contributed by atoms with Gasteiger partial charge in [-0.2, -0.15) is 10.5 Å². The quantitative estimate of drug-likeness (QED) is 0.734. The number of aryl methyl sites for hydroxylation is 1. The van der Waals surface area contributed by atoms with Gasteiger partial charge in [0.25, 0.3) is 0 Å². The van der Waals surface area contributed by atoms with E-state index >= 15 is 0 Å². The smallest absolute Gasteiger partial charge is 0.239 e. The zero-order valence-electron chi connectivity index (χ0n) is 17.5. The third kappa shape index (κ3) is 1.94. The zero-order valence-corrected chi connectivity index (χ0v) is 17.5. The van der Waals surface area contributed by atoms with E-state index in [2.05, 4.69) is 36.8 Å². The van der Waals surface area contributed by atoms with Crippen LogP contribution < -0.4 is 4.90 Å². The van der Waals surface area contributed by atoms with E-state index in [0.717, 1.165) is 24.9 Å². The Morgan fingerprint density at radius 3 is 2.40 bits per heavy atom. The maximum atomic E-state index is 14.3. The predicted octanol–water partition coefficient (Wildman–Crippen LogP) is 3.53. The summed E-state index contributed by atoms with van der Waals surface area (Å²) < 4.78 is 0. The van der Waals surface area contributed by atoms with Crippen molar-refractivity contribution in [2.24, 2.45) is 5.41 Å². The van der Waals surface area contributed by atoms with Crippen LogP contribution in [0.4, 0.5) is 5.69 Å². The van der Waals surface area contributed by atoms with Crippen molar-refractivity contribution in [1.29, 1.82) is 10.5 Å². The Labute approximate surface area is 176 Å². The molecule has 2 heterocycles. The van der Waals surface area contributed by atoms with Crippen LogP contribution in [-0.2, 0) is 22.0 Å². The van der Waals surface area contributed by atoms with Crippen molar-refractivity contribution in [2.45, 2.75) is 57.3 Å². The molecule has 2 bridgehead atoms. The molecule has 2 aromatic rings. The molecule has 0 spiro atoms. The fourth-order valence-corrected chi connectivity index (χ4v) is 6.09. The van der Waals surface area contributed by atoms with Gasteiger partial charge in [0.05, 0.1) is 16.8 Å². The number of aromatic nitrogens is 2. The summed E-state index contributed by atoms with van der Waals surface area (Å²) in [6.45, 7) is 7.04. The van der Waals surface area contributed by atoms with Gasteiger partial charge >= 0.3 is 0 Å². The van der Waals surface area contributed by atoms with Gasteiger partial charge in [-0.1, -0.05) is 39.0 Å². The molecule has 1 aliphatic heterocycles. The van der Waals surface area contributed by atoms with Gasteiger partial charge in [-0.3, -0.25) is 4.79 Å². The number of carbonyl (C=O) groups excluding carboxylic acids is 1. The van der Waals surface area contributed by atoms with Crippen LogP contribution in [0.3, 0.4) is 0 Å². The van der Waals surface area contributed by atoms with E-state index in [1.165, 1.54) is 5.56 Å². The summed E-state index contributed by atoms with van der Waals surface area (Å²) in [5, 5.41) is 19.0. The predicted molar refractivity (Wildman–Crippen MR) is 111 cm³/mol. The lowest BCUT2D eigenvalue weighted by Crippen LogP contribution is -2.54. The van der Waals surface area contributed by atoms with E-state index in [1.807, 2.05) is 35.2 Å². The van der Waals surface area contributed by atoms with Crippen molar-refractivity contribution in [3.63, 3.8) is 0 Å². The van der Waals surface area contributed by atoms with Gasteiger partial charge < -0.3 is 4.90 Å². The second-order valence-electron chi connectivity index (χ2n) is 9.39. The molecule has 1 saturated carbocycles. The Kier molecular flexibility index (Phi) is 3.68. The number of rotatable bonds is 1. The zero-order chi connectivity index (χ0) is 21.3. The number of amides is 1. The summed E-state index contributed by atoms with van der Waals surface area (Å²) in [7, 11) is 0. The van der Waals surface area contributed by atoms with Crippen molar-refractivity contribution in [2.75, 3.05) is 11.4 Å². The Morgan fingerprint density at radius 1 is 1.03 bits per heavy atom. The van der Waals surface area contributed by atoms with Crippen molar-refractivity contribution >= 4 is 11.6 Å². The number of fused-ring (bicyclic) bond motifs is 6. The first-order chi connectivity index (χ1) is 14.3. The lowest BCUT2D eigenvalue weighted by molar-refractivity contribution is -0.127. The van der Waals surface area contributed by atoms with Crippen LogP contribution >= 0.6 is 0 Å². The summed E-state index contributed by atoms with van der Waals surface area (Å²) in [5.41, 5.74) is 1.87. The van der Waals surface area contributed by atoms with Crippen molar-refractivity contribution in [3.8, 4) is 12.1 Å². The van der Waals surface area contributed by atoms with Crippen molar-refractivity contribution in [1.82, 2.24) is 9.97 Å². The van der Waals surface area contributed by atoms with E-state index in [0.29, 0.717) is 24.4 Å². The SMILES string of the molecule is CC12CCC(C(=O)N3CCCc4ccccc43)(c3nc(C#N)c(C#N)nc31)C2(C)C. The molecule has 1 aromatic heterocycles. The minimum absolute atomic E-state index is 0.00872. The number of benzene rings is 1. The number of hydrogen-bond acceptors (Lipinski definition) is 5. The summed E-state index contributed by atoms with van der Waals surface area (Å²) in [4.78, 5) is 25.5. The van der Waals surface area contributed by atoms with E-state index in [9.17, 15) is 15.3 Å². The molecule has 6 nitrogen and oxygen atoms in total. The molecule has 6 heteroatoms. The molecule has 0 saturated heterocycles. The molecule has 30 heavy (non-hydrogen) atoms. The van der Waals surface area contributed by atoms with Crippen LogP contribution in [0.15, 0.2) is 24.3 Å². The first kappa shape index (κ1) is 18.8. The van der Waals surface area contributed by atoms with Gasteiger partial charge in [0.1, 0.15) is 12.1 Å². The van der Waals surface area contributed by atoms with Crippen LogP contribution in [0.25, 0.3) is 0 Å². The molecule has 150 valence electrons. The number of hydrogen-bond donors (Lipinski definition) is 0. The third-order valence-electron chi connectivity index (χ3n) is 8.20. The van der Waals surface area contributed by atoms with Gasteiger partial charge in [-0.25, -0.2) is 9.97 Å². The lowest BCUT2D eigenvalue weighted by atomic mass is 9.63. The van der Waals surface area contributed by atoms with E-state index in [-0.39, 0.29) is 22.7 Å². The topological polar surface area (TPSA) is 93.7 Å². The molecular formula is C24H23N5O.